The van der Waals surface area contributed by atoms with E-state index in [1.54, 1.807) is 7.11 Å². The Labute approximate surface area is 115 Å². The quantitative estimate of drug-likeness (QED) is 0.707. The number of hydrogen-bond donors (Lipinski definition) is 2. The molecule has 1 rings (SSSR count). The molecule has 2 N–H and O–H groups in total. The number of rotatable bonds is 8. The Balaban J connectivity index is 2.42. The van der Waals surface area contributed by atoms with Crippen molar-refractivity contribution in [3.8, 4) is 0 Å². The van der Waals surface area contributed by atoms with E-state index in [0.29, 0.717) is 19.7 Å². The first-order valence-electron chi connectivity index (χ1n) is 6.77. The van der Waals surface area contributed by atoms with Crippen LogP contribution in [0.3, 0.4) is 0 Å². The highest BCUT2D eigenvalue weighted by molar-refractivity contribution is 5.81. The minimum absolute atomic E-state index is 0.0152. The molecule has 0 aromatic heterocycles. The van der Waals surface area contributed by atoms with Gasteiger partial charge >= 0.3 is 0 Å². The molecular weight excluding hydrogens is 240 g/mol. The first-order chi connectivity index (χ1) is 9.19. The number of nitrogens with one attached hydrogen (secondary N) is 2. The SMILES string of the molecule is CCc1cccc(C)c1NCC(=O)NCCCOC. The molecule has 0 saturated heterocycles. The summed E-state index contributed by atoms with van der Waals surface area (Å²) in [7, 11) is 1.66. The summed E-state index contributed by atoms with van der Waals surface area (Å²) in [6, 6.07) is 6.19. The summed E-state index contributed by atoms with van der Waals surface area (Å²) in [4.78, 5) is 11.7. The second kappa shape index (κ2) is 8.53. The molecule has 0 atom stereocenters. The third kappa shape index (κ3) is 5.30. The number of carbonyl (C=O) groups excluding carboxylic acids is 1. The van der Waals surface area contributed by atoms with E-state index >= 15 is 0 Å². The molecule has 0 aliphatic heterocycles. The van der Waals surface area contributed by atoms with E-state index in [1.165, 1.54) is 11.1 Å². The molecule has 0 spiro atoms. The van der Waals surface area contributed by atoms with Crippen molar-refractivity contribution in [1.29, 1.82) is 0 Å². The van der Waals surface area contributed by atoms with Crippen LogP contribution in [0.1, 0.15) is 24.5 Å². The van der Waals surface area contributed by atoms with Gasteiger partial charge in [-0.3, -0.25) is 4.79 Å². The number of aryl methyl sites for hydroxylation is 2. The van der Waals surface area contributed by atoms with Gasteiger partial charge in [-0.05, 0) is 30.9 Å². The number of anilines is 1. The molecule has 1 aromatic carbocycles. The first-order valence-corrected chi connectivity index (χ1v) is 6.77. The van der Waals surface area contributed by atoms with E-state index in [2.05, 4.69) is 36.6 Å². The highest BCUT2D eigenvalue weighted by Gasteiger charge is 2.06. The van der Waals surface area contributed by atoms with Crippen LogP contribution in [0.15, 0.2) is 18.2 Å². The van der Waals surface area contributed by atoms with E-state index in [4.69, 9.17) is 4.74 Å². The van der Waals surface area contributed by atoms with E-state index in [1.807, 2.05) is 6.07 Å². The predicted octanol–water partition coefficient (Wildman–Crippen LogP) is 2.12. The number of ether oxygens (including phenoxy) is 1. The van der Waals surface area contributed by atoms with Crippen molar-refractivity contribution in [2.75, 3.05) is 32.1 Å². The topological polar surface area (TPSA) is 50.4 Å². The van der Waals surface area contributed by atoms with Crippen LogP contribution in [-0.4, -0.2) is 32.7 Å². The number of hydrogen-bond acceptors (Lipinski definition) is 3. The highest BCUT2D eigenvalue weighted by atomic mass is 16.5. The van der Waals surface area contributed by atoms with E-state index in [9.17, 15) is 4.79 Å². The van der Waals surface area contributed by atoms with Crippen molar-refractivity contribution in [1.82, 2.24) is 5.32 Å². The average molecular weight is 264 g/mol. The van der Waals surface area contributed by atoms with Crippen LogP contribution in [0.2, 0.25) is 0 Å². The van der Waals surface area contributed by atoms with Crippen molar-refractivity contribution in [3.63, 3.8) is 0 Å². The third-order valence-electron chi connectivity index (χ3n) is 3.01. The molecule has 0 radical (unpaired) electrons. The van der Waals surface area contributed by atoms with Gasteiger partial charge in [-0.1, -0.05) is 25.1 Å². The lowest BCUT2D eigenvalue weighted by atomic mass is 10.1. The maximum atomic E-state index is 11.7. The van der Waals surface area contributed by atoms with Crippen LogP contribution in [0.25, 0.3) is 0 Å². The Kier molecular flexibility index (Phi) is 6.97. The Hall–Kier alpha value is -1.55. The minimum atomic E-state index is 0.0152. The fraction of sp³-hybridized carbons (Fsp3) is 0.533. The lowest BCUT2D eigenvalue weighted by Crippen LogP contribution is -2.31. The molecule has 0 saturated carbocycles. The summed E-state index contributed by atoms with van der Waals surface area (Å²) in [5.41, 5.74) is 3.50. The van der Waals surface area contributed by atoms with Gasteiger partial charge in [-0.2, -0.15) is 0 Å². The molecule has 4 nitrogen and oxygen atoms in total. The first kappa shape index (κ1) is 15.5. The molecule has 4 heteroatoms. The van der Waals surface area contributed by atoms with Gasteiger partial charge in [0.1, 0.15) is 0 Å². The van der Waals surface area contributed by atoms with Gasteiger partial charge in [0.2, 0.25) is 5.91 Å². The molecule has 19 heavy (non-hydrogen) atoms. The third-order valence-corrected chi connectivity index (χ3v) is 3.01. The smallest absolute Gasteiger partial charge is 0.239 e. The van der Waals surface area contributed by atoms with Gasteiger partial charge < -0.3 is 15.4 Å². The fourth-order valence-corrected chi connectivity index (χ4v) is 1.95. The molecule has 0 fully saturated rings. The molecule has 1 aromatic rings. The van der Waals surface area contributed by atoms with Crippen LogP contribution in [0.4, 0.5) is 5.69 Å². The number of carbonyl (C=O) groups is 1. The molecular formula is C15H24N2O2. The molecule has 1 amide bonds. The molecule has 0 aliphatic carbocycles. The Morgan fingerprint density at radius 3 is 2.84 bits per heavy atom. The zero-order valence-corrected chi connectivity index (χ0v) is 12.1. The molecule has 0 bridgehead atoms. The standard InChI is InChI=1S/C15H24N2O2/c1-4-13-8-5-7-12(2)15(13)17-11-14(18)16-9-6-10-19-3/h5,7-8,17H,4,6,9-11H2,1-3H3,(H,16,18). The Morgan fingerprint density at radius 2 is 2.16 bits per heavy atom. The van der Waals surface area contributed by atoms with Crippen LogP contribution < -0.4 is 10.6 Å². The fourth-order valence-electron chi connectivity index (χ4n) is 1.95. The summed E-state index contributed by atoms with van der Waals surface area (Å²) in [6.45, 7) is 5.81. The molecule has 0 aliphatic rings. The van der Waals surface area contributed by atoms with Crippen LogP contribution in [0, 0.1) is 6.92 Å². The second-order valence-corrected chi connectivity index (χ2v) is 4.51. The lowest BCUT2D eigenvalue weighted by Gasteiger charge is -2.13. The number of benzene rings is 1. The summed E-state index contributed by atoms with van der Waals surface area (Å²) >= 11 is 0. The molecule has 106 valence electrons. The maximum absolute atomic E-state index is 11.7. The van der Waals surface area contributed by atoms with E-state index < -0.39 is 0 Å². The second-order valence-electron chi connectivity index (χ2n) is 4.51. The van der Waals surface area contributed by atoms with Crippen molar-refractivity contribution in [3.05, 3.63) is 29.3 Å². The Morgan fingerprint density at radius 1 is 1.37 bits per heavy atom. The van der Waals surface area contributed by atoms with E-state index in [0.717, 1.165) is 18.5 Å². The van der Waals surface area contributed by atoms with Gasteiger partial charge in [0.15, 0.2) is 0 Å². The van der Waals surface area contributed by atoms with Crippen molar-refractivity contribution < 1.29 is 9.53 Å². The molecule has 0 unspecified atom stereocenters. The van der Waals surface area contributed by atoms with Gasteiger partial charge in [0.25, 0.3) is 0 Å². The average Bonchev–Trinajstić information content (AvgIpc) is 2.42. The van der Waals surface area contributed by atoms with Gasteiger partial charge in [-0.15, -0.1) is 0 Å². The largest absolute Gasteiger partial charge is 0.385 e. The monoisotopic (exact) mass is 264 g/mol. The summed E-state index contributed by atoms with van der Waals surface area (Å²) in [5, 5.41) is 6.09. The minimum Gasteiger partial charge on any atom is -0.385 e. The van der Waals surface area contributed by atoms with Crippen LogP contribution >= 0.6 is 0 Å². The van der Waals surface area contributed by atoms with Crippen molar-refractivity contribution in [2.45, 2.75) is 26.7 Å². The van der Waals surface area contributed by atoms with Gasteiger partial charge in [0, 0.05) is 25.9 Å². The molecule has 0 heterocycles. The van der Waals surface area contributed by atoms with E-state index in [-0.39, 0.29) is 5.91 Å². The highest BCUT2D eigenvalue weighted by Crippen LogP contribution is 2.20. The zero-order chi connectivity index (χ0) is 14.1. The number of amides is 1. The maximum Gasteiger partial charge on any atom is 0.239 e. The Bertz CT molecular complexity index is 405. The normalized spacial score (nSPS) is 10.3. The van der Waals surface area contributed by atoms with Crippen LogP contribution in [-0.2, 0) is 16.0 Å². The summed E-state index contributed by atoms with van der Waals surface area (Å²) < 4.78 is 4.93. The predicted molar refractivity (Wildman–Crippen MR) is 78.5 cm³/mol. The lowest BCUT2D eigenvalue weighted by molar-refractivity contribution is -0.119. The number of methoxy groups -OCH3 is 1. The number of para-hydroxylation sites is 1. The van der Waals surface area contributed by atoms with Gasteiger partial charge in [-0.25, -0.2) is 0 Å². The van der Waals surface area contributed by atoms with Crippen LogP contribution in [0.5, 0.6) is 0 Å². The van der Waals surface area contributed by atoms with Crippen molar-refractivity contribution >= 4 is 11.6 Å². The zero-order valence-electron chi connectivity index (χ0n) is 12.1. The summed E-state index contributed by atoms with van der Waals surface area (Å²) in [5.74, 6) is 0.0152. The summed E-state index contributed by atoms with van der Waals surface area (Å²) in [6.07, 6.45) is 1.80. The van der Waals surface area contributed by atoms with Crippen molar-refractivity contribution in [2.24, 2.45) is 0 Å². The van der Waals surface area contributed by atoms with Gasteiger partial charge in [0.05, 0.1) is 6.54 Å².